The van der Waals surface area contributed by atoms with Gasteiger partial charge in [-0.25, -0.2) is 4.98 Å². The van der Waals surface area contributed by atoms with E-state index in [-0.39, 0.29) is 5.78 Å². The van der Waals surface area contributed by atoms with Crippen LogP contribution in [0.4, 0.5) is 0 Å². The predicted octanol–water partition coefficient (Wildman–Crippen LogP) is 3.22. The Hall–Kier alpha value is -1.62. The highest BCUT2D eigenvalue weighted by Gasteiger charge is 2.27. The van der Waals surface area contributed by atoms with E-state index < -0.39 is 0 Å². The van der Waals surface area contributed by atoms with Gasteiger partial charge in [0.25, 0.3) is 0 Å². The number of nitrogens with one attached hydrogen (secondary N) is 1. The molecule has 1 saturated carbocycles. The van der Waals surface area contributed by atoms with Gasteiger partial charge in [-0.2, -0.15) is 0 Å². The summed E-state index contributed by atoms with van der Waals surface area (Å²) >= 11 is 1.40. The molecule has 0 aliphatic heterocycles. The molecule has 5 heteroatoms. The largest absolute Gasteiger partial charge is 0.293 e. The number of rotatable bonds is 6. The monoisotopic (exact) mass is 287 g/mol. The van der Waals surface area contributed by atoms with Crippen LogP contribution < -0.4 is 0 Å². The Morgan fingerprint density at radius 2 is 2.10 bits per heavy atom. The number of nitrogens with zero attached hydrogens (tertiary/aromatic N) is 2. The molecule has 1 aliphatic carbocycles. The molecule has 2 aromatic rings. The Kier molecular flexibility index (Phi) is 3.87. The van der Waals surface area contributed by atoms with Crippen molar-refractivity contribution in [3.8, 4) is 0 Å². The van der Waals surface area contributed by atoms with Gasteiger partial charge in [0.1, 0.15) is 5.82 Å². The molecule has 0 unspecified atom stereocenters. The molecule has 0 atom stereocenters. The number of hydrogen-bond acceptors (Lipinski definition) is 4. The van der Waals surface area contributed by atoms with Crippen LogP contribution in [0.3, 0.4) is 0 Å². The molecule has 104 valence electrons. The van der Waals surface area contributed by atoms with Crippen LogP contribution in [0.5, 0.6) is 0 Å². The number of carbonyl (C=O) groups excluding carboxylic acids is 1. The van der Waals surface area contributed by atoms with Gasteiger partial charge >= 0.3 is 0 Å². The lowest BCUT2D eigenvalue weighted by Crippen LogP contribution is -2.02. The zero-order chi connectivity index (χ0) is 13.9. The first-order chi connectivity index (χ1) is 9.76. The quantitative estimate of drug-likeness (QED) is 0.654. The number of aromatic nitrogens is 3. The maximum Gasteiger partial charge on any atom is 0.208 e. The third-order valence-electron chi connectivity index (χ3n) is 3.46. The molecule has 0 bridgehead atoms. The van der Waals surface area contributed by atoms with Gasteiger partial charge in [0, 0.05) is 11.5 Å². The molecular formula is C15H17N3OS. The summed E-state index contributed by atoms with van der Waals surface area (Å²) in [7, 11) is 0. The second-order valence-electron chi connectivity index (χ2n) is 5.04. The summed E-state index contributed by atoms with van der Waals surface area (Å²) in [6, 6.07) is 7.82. The number of H-pyrrole nitrogens is 1. The van der Waals surface area contributed by atoms with E-state index in [4.69, 9.17) is 0 Å². The minimum Gasteiger partial charge on any atom is -0.293 e. The van der Waals surface area contributed by atoms with E-state index in [1.54, 1.807) is 0 Å². The van der Waals surface area contributed by atoms with Gasteiger partial charge < -0.3 is 0 Å². The molecular weight excluding hydrogens is 270 g/mol. The lowest BCUT2D eigenvalue weighted by atomic mass is 10.1. The van der Waals surface area contributed by atoms with Crippen molar-refractivity contribution in [1.82, 2.24) is 15.2 Å². The standard InChI is InChI=1S/C15H17N3OS/c1-2-10-3-5-11(6-4-10)13(19)9-20-15-16-14(17-18-15)12-7-8-12/h3-6,12H,2,7-9H2,1H3,(H,16,17,18). The van der Waals surface area contributed by atoms with Crippen molar-refractivity contribution in [3.63, 3.8) is 0 Å². The van der Waals surface area contributed by atoms with Crippen molar-refractivity contribution in [1.29, 1.82) is 0 Å². The van der Waals surface area contributed by atoms with Gasteiger partial charge in [0.05, 0.1) is 5.75 Å². The molecule has 4 nitrogen and oxygen atoms in total. The number of benzene rings is 1. The second-order valence-corrected chi connectivity index (χ2v) is 5.98. The van der Waals surface area contributed by atoms with Crippen molar-refractivity contribution in [2.75, 3.05) is 5.75 Å². The smallest absolute Gasteiger partial charge is 0.208 e. The Morgan fingerprint density at radius 3 is 2.75 bits per heavy atom. The molecule has 20 heavy (non-hydrogen) atoms. The van der Waals surface area contributed by atoms with E-state index in [2.05, 4.69) is 22.1 Å². The number of aromatic amines is 1. The number of thioether (sulfide) groups is 1. The van der Waals surface area contributed by atoms with Crippen LogP contribution in [0, 0.1) is 0 Å². The average Bonchev–Trinajstić information content (AvgIpc) is 3.24. The van der Waals surface area contributed by atoms with Gasteiger partial charge in [-0.05, 0) is 24.8 Å². The molecule has 0 amide bonds. The van der Waals surface area contributed by atoms with Crippen LogP contribution in [0.2, 0.25) is 0 Å². The normalized spacial score (nSPS) is 14.4. The van der Waals surface area contributed by atoms with E-state index in [1.165, 1.54) is 30.2 Å². The Balaban J connectivity index is 1.57. The van der Waals surface area contributed by atoms with Gasteiger partial charge in [0.2, 0.25) is 5.16 Å². The van der Waals surface area contributed by atoms with E-state index >= 15 is 0 Å². The predicted molar refractivity (Wildman–Crippen MR) is 79.2 cm³/mol. The van der Waals surface area contributed by atoms with E-state index in [9.17, 15) is 4.79 Å². The maximum absolute atomic E-state index is 12.1. The first kappa shape index (κ1) is 13.4. The number of Topliss-reactive ketones (excluding diaryl/α,β-unsaturated/α-hetero) is 1. The molecule has 0 saturated heterocycles. The Labute approximate surface area is 122 Å². The molecule has 1 aromatic heterocycles. The first-order valence-corrected chi connectivity index (χ1v) is 7.92. The number of aryl methyl sites for hydroxylation is 1. The minimum absolute atomic E-state index is 0.121. The highest BCUT2D eigenvalue weighted by atomic mass is 32.2. The lowest BCUT2D eigenvalue weighted by Gasteiger charge is -2.01. The SMILES string of the molecule is CCc1ccc(C(=O)CSc2n[nH]c(C3CC3)n2)cc1. The molecule has 1 aliphatic rings. The lowest BCUT2D eigenvalue weighted by molar-refractivity contribution is 0.102. The topological polar surface area (TPSA) is 58.6 Å². The fraction of sp³-hybridized carbons (Fsp3) is 0.400. The molecule has 0 radical (unpaired) electrons. The Bertz CT molecular complexity index is 602. The van der Waals surface area contributed by atoms with Crippen molar-refractivity contribution in [2.24, 2.45) is 0 Å². The summed E-state index contributed by atoms with van der Waals surface area (Å²) in [6.07, 6.45) is 3.38. The zero-order valence-electron chi connectivity index (χ0n) is 11.4. The molecule has 1 heterocycles. The summed E-state index contributed by atoms with van der Waals surface area (Å²) in [5, 5.41) is 7.77. The molecule has 1 aromatic carbocycles. The van der Waals surface area contributed by atoms with Crippen molar-refractivity contribution in [3.05, 3.63) is 41.2 Å². The van der Waals surface area contributed by atoms with Crippen LogP contribution in [0.1, 0.15) is 47.4 Å². The summed E-state index contributed by atoms with van der Waals surface area (Å²) in [4.78, 5) is 16.5. The molecule has 3 rings (SSSR count). The Morgan fingerprint density at radius 1 is 1.35 bits per heavy atom. The van der Waals surface area contributed by atoms with Gasteiger partial charge in [-0.15, -0.1) is 5.10 Å². The summed E-state index contributed by atoms with van der Waals surface area (Å²) in [5.74, 6) is 2.03. The van der Waals surface area contributed by atoms with Gasteiger partial charge in [-0.3, -0.25) is 9.89 Å². The molecule has 0 spiro atoms. The van der Waals surface area contributed by atoms with Crippen molar-refractivity contribution < 1.29 is 4.79 Å². The highest BCUT2D eigenvalue weighted by molar-refractivity contribution is 7.99. The third-order valence-corrected chi connectivity index (χ3v) is 4.31. The maximum atomic E-state index is 12.1. The second kappa shape index (κ2) is 5.79. The van der Waals surface area contributed by atoms with Crippen molar-refractivity contribution in [2.45, 2.75) is 37.3 Å². The fourth-order valence-electron chi connectivity index (χ4n) is 2.00. The van der Waals surface area contributed by atoms with Crippen LogP contribution in [0.15, 0.2) is 29.4 Å². The van der Waals surface area contributed by atoms with E-state index in [0.717, 1.165) is 17.8 Å². The fourth-order valence-corrected chi connectivity index (χ4v) is 2.70. The number of carbonyl (C=O) groups is 1. The van der Waals surface area contributed by atoms with Crippen LogP contribution >= 0.6 is 11.8 Å². The summed E-state index contributed by atoms with van der Waals surface area (Å²) in [6.45, 7) is 2.10. The van der Waals surface area contributed by atoms with Gasteiger partial charge in [0.15, 0.2) is 5.78 Å². The van der Waals surface area contributed by atoms with Crippen LogP contribution in [-0.4, -0.2) is 26.7 Å². The first-order valence-electron chi connectivity index (χ1n) is 6.93. The van der Waals surface area contributed by atoms with Crippen LogP contribution in [-0.2, 0) is 6.42 Å². The number of hydrogen-bond donors (Lipinski definition) is 1. The average molecular weight is 287 g/mol. The van der Waals surface area contributed by atoms with Gasteiger partial charge in [-0.1, -0.05) is 43.0 Å². The summed E-state index contributed by atoms with van der Waals surface area (Å²) < 4.78 is 0. The third kappa shape index (κ3) is 3.10. The minimum atomic E-state index is 0.121. The zero-order valence-corrected chi connectivity index (χ0v) is 12.2. The van der Waals surface area contributed by atoms with E-state index in [1.807, 2.05) is 24.3 Å². The van der Waals surface area contributed by atoms with E-state index in [0.29, 0.717) is 16.8 Å². The summed E-state index contributed by atoms with van der Waals surface area (Å²) in [5.41, 5.74) is 2.00. The highest BCUT2D eigenvalue weighted by Crippen LogP contribution is 2.38. The van der Waals surface area contributed by atoms with Crippen LogP contribution in [0.25, 0.3) is 0 Å². The molecule has 1 fully saturated rings. The van der Waals surface area contributed by atoms with Crippen molar-refractivity contribution >= 4 is 17.5 Å². The number of ketones is 1. The molecule has 1 N–H and O–H groups in total.